The summed E-state index contributed by atoms with van der Waals surface area (Å²) in [5.41, 5.74) is -1.27. The maximum absolute atomic E-state index is 11.3. The summed E-state index contributed by atoms with van der Waals surface area (Å²) in [4.78, 5) is 35.2. The van der Waals surface area contributed by atoms with Crippen molar-refractivity contribution in [3.05, 3.63) is 20.8 Å². The molecule has 0 amide bonds. The van der Waals surface area contributed by atoms with Gasteiger partial charge >= 0.3 is 11.7 Å². The van der Waals surface area contributed by atoms with E-state index in [9.17, 15) is 14.4 Å². The van der Waals surface area contributed by atoms with Crippen molar-refractivity contribution in [1.82, 2.24) is 15.2 Å². The van der Waals surface area contributed by atoms with E-state index in [0.717, 1.165) is 24.6 Å². The number of hydrogen-bond acceptors (Lipinski definition) is 6. The third-order valence-electron chi connectivity index (χ3n) is 2.18. The number of ether oxygens (including phenoxy) is 1. The second-order valence-corrected chi connectivity index (χ2v) is 4.69. The molecule has 92 valence electrons. The minimum atomic E-state index is -0.671. The van der Waals surface area contributed by atoms with Gasteiger partial charge in [-0.25, -0.2) is 9.89 Å². The van der Waals surface area contributed by atoms with E-state index in [1.165, 1.54) is 0 Å². The van der Waals surface area contributed by atoms with E-state index >= 15 is 0 Å². The van der Waals surface area contributed by atoms with E-state index in [1.807, 2.05) is 4.98 Å². The molecule has 1 fully saturated rings. The highest BCUT2D eigenvalue weighted by atomic mass is 32.2. The van der Waals surface area contributed by atoms with Crippen molar-refractivity contribution in [1.29, 1.82) is 0 Å². The molecule has 1 aromatic rings. The molecule has 8 heteroatoms. The van der Waals surface area contributed by atoms with Crippen molar-refractivity contribution < 1.29 is 9.53 Å². The van der Waals surface area contributed by atoms with Gasteiger partial charge in [-0.15, -0.1) is 0 Å². The van der Waals surface area contributed by atoms with Crippen LogP contribution in [0.5, 0.6) is 0 Å². The zero-order chi connectivity index (χ0) is 12.3. The number of thioether (sulfide) groups is 1. The first-order chi connectivity index (χ1) is 8.15. The zero-order valence-electron chi connectivity index (χ0n) is 8.89. The van der Waals surface area contributed by atoms with Crippen LogP contribution in [0.4, 0.5) is 0 Å². The Bertz CT molecular complexity index is 519. The van der Waals surface area contributed by atoms with Crippen LogP contribution >= 0.6 is 11.8 Å². The van der Waals surface area contributed by atoms with Crippen LogP contribution < -0.4 is 11.2 Å². The first-order valence-electron chi connectivity index (χ1n) is 5.12. The SMILES string of the molecule is O=C(CSc1n[nH]c(=O)[nH]c1=O)OCC1CC1. The van der Waals surface area contributed by atoms with Gasteiger partial charge in [-0.1, -0.05) is 11.8 Å². The Morgan fingerprint density at radius 2 is 2.24 bits per heavy atom. The summed E-state index contributed by atoms with van der Waals surface area (Å²) >= 11 is 0.936. The molecule has 0 unspecified atom stereocenters. The second kappa shape index (κ2) is 5.17. The van der Waals surface area contributed by atoms with Gasteiger partial charge in [-0.05, 0) is 18.8 Å². The van der Waals surface area contributed by atoms with E-state index in [0.29, 0.717) is 12.5 Å². The molecule has 0 atom stereocenters. The molecule has 7 nitrogen and oxygen atoms in total. The molecule has 1 saturated carbocycles. The molecular formula is C9H11N3O4S. The monoisotopic (exact) mass is 257 g/mol. The maximum atomic E-state index is 11.3. The lowest BCUT2D eigenvalue weighted by Crippen LogP contribution is -2.25. The molecule has 1 aliphatic carbocycles. The molecule has 0 saturated heterocycles. The number of aromatic amines is 2. The first-order valence-corrected chi connectivity index (χ1v) is 6.11. The Kier molecular flexibility index (Phi) is 3.62. The fraction of sp³-hybridized carbons (Fsp3) is 0.556. The number of hydrogen-bond donors (Lipinski definition) is 2. The maximum Gasteiger partial charge on any atom is 0.342 e. The molecule has 1 heterocycles. The predicted octanol–water partition coefficient (Wildman–Crippen LogP) is -0.497. The highest BCUT2D eigenvalue weighted by Gasteiger charge is 2.23. The smallest absolute Gasteiger partial charge is 0.342 e. The van der Waals surface area contributed by atoms with Gasteiger partial charge in [0.15, 0.2) is 5.03 Å². The molecule has 0 radical (unpaired) electrons. The van der Waals surface area contributed by atoms with Gasteiger partial charge in [0.2, 0.25) is 0 Å². The highest BCUT2D eigenvalue weighted by Crippen LogP contribution is 2.28. The van der Waals surface area contributed by atoms with E-state index in [-0.39, 0.29) is 16.7 Å². The summed E-state index contributed by atoms with van der Waals surface area (Å²) < 4.78 is 4.98. The fourth-order valence-corrected chi connectivity index (χ4v) is 1.73. The standard InChI is InChI=1S/C9H11N3O4S/c13-6(16-3-5-1-2-5)4-17-8-7(14)10-9(15)12-11-8/h5H,1-4H2,(H2,10,12,14,15). The quantitative estimate of drug-likeness (QED) is 0.544. The molecule has 1 aliphatic rings. The molecule has 0 aromatic carbocycles. The normalized spacial score (nSPS) is 14.6. The molecule has 0 bridgehead atoms. The van der Waals surface area contributed by atoms with Crippen molar-refractivity contribution >= 4 is 17.7 Å². The van der Waals surface area contributed by atoms with Gasteiger partial charge < -0.3 is 4.74 Å². The number of H-pyrrole nitrogens is 2. The average molecular weight is 257 g/mol. The molecule has 2 rings (SSSR count). The summed E-state index contributed by atoms with van der Waals surface area (Å²) in [7, 11) is 0. The van der Waals surface area contributed by atoms with E-state index < -0.39 is 11.2 Å². The number of carbonyl (C=O) groups is 1. The Morgan fingerprint density at radius 1 is 1.47 bits per heavy atom. The third-order valence-corrected chi connectivity index (χ3v) is 3.11. The summed E-state index contributed by atoms with van der Waals surface area (Å²) in [6.07, 6.45) is 2.23. The third kappa shape index (κ3) is 3.74. The predicted molar refractivity (Wildman–Crippen MR) is 59.9 cm³/mol. The van der Waals surface area contributed by atoms with Crippen LogP contribution in [-0.4, -0.2) is 33.5 Å². The second-order valence-electron chi connectivity index (χ2n) is 3.73. The van der Waals surface area contributed by atoms with Gasteiger partial charge in [0.25, 0.3) is 5.56 Å². The van der Waals surface area contributed by atoms with Crippen LogP contribution in [0.2, 0.25) is 0 Å². The van der Waals surface area contributed by atoms with Crippen LogP contribution in [0.3, 0.4) is 0 Å². The van der Waals surface area contributed by atoms with Gasteiger partial charge in [0.05, 0.1) is 12.4 Å². The number of rotatable bonds is 5. The number of nitrogens with one attached hydrogen (secondary N) is 2. The molecule has 17 heavy (non-hydrogen) atoms. The number of carbonyl (C=O) groups excluding carboxylic acids is 1. The van der Waals surface area contributed by atoms with Crippen molar-refractivity contribution in [2.45, 2.75) is 17.9 Å². The highest BCUT2D eigenvalue weighted by molar-refractivity contribution is 7.99. The van der Waals surface area contributed by atoms with E-state index in [1.54, 1.807) is 0 Å². The summed E-state index contributed by atoms with van der Waals surface area (Å²) in [6.45, 7) is 0.453. The molecule has 1 aromatic heterocycles. The van der Waals surface area contributed by atoms with Crippen molar-refractivity contribution in [3.63, 3.8) is 0 Å². The Morgan fingerprint density at radius 3 is 2.88 bits per heavy atom. The summed E-state index contributed by atoms with van der Waals surface area (Å²) in [5, 5.41) is 5.67. The van der Waals surface area contributed by atoms with Crippen LogP contribution in [0.15, 0.2) is 14.6 Å². The van der Waals surface area contributed by atoms with Crippen LogP contribution in [0.25, 0.3) is 0 Å². The molecule has 2 N–H and O–H groups in total. The fourth-order valence-electron chi connectivity index (χ4n) is 1.10. The lowest BCUT2D eigenvalue weighted by molar-refractivity contribution is -0.140. The first kappa shape index (κ1) is 11.9. The van der Waals surface area contributed by atoms with Gasteiger partial charge in [-0.3, -0.25) is 14.6 Å². The minimum Gasteiger partial charge on any atom is -0.465 e. The largest absolute Gasteiger partial charge is 0.465 e. The van der Waals surface area contributed by atoms with Gasteiger partial charge in [0.1, 0.15) is 0 Å². The number of aromatic nitrogens is 3. The molecule has 0 spiro atoms. The zero-order valence-corrected chi connectivity index (χ0v) is 9.71. The summed E-state index contributed by atoms with van der Waals surface area (Å²) in [6, 6.07) is 0. The van der Waals surface area contributed by atoms with E-state index in [4.69, 9.17) is 4.74 Å². The average Bonchev–Trinajstić information content (AvgIpc) is 3.09. The lowest BCUT2D eigenvalue weighted by atomic mass is 10.5. The molecule has 0 aliphatic heterocycles. The summed E-state index contributed by atoms with van der Waals surface area (Å²) in [5.74, 6) is 0.141. The van der Waals surface area contributed by atoms with Crippen LogP contribution in [-0.2, 0) is 9.53 Å². The Balaban J connectivity index is 1.81. The topological polar surface area (TPSA) is 105 Å². The molecular weight excluding hydrogens is 246 g/mol. The Labute approximate surface area is 100.0 Å². The lowest BCUT2D eigenvalue weighted by Gasteiger charge is -2.02. The van der Waals surface area contributed by atoms with Crippen LogP contribution in [0, 0.1) is 5.92 Å². The number of nitrogens with zero attached hydrogens (tertiary/aromatic N) is 1. The van der Waals surface area contributed by atoms with Gasteiger partial charge in [-0.2, -0.15) is 5.10 Å². The van der Waals surface area contributed by atoms with Crippen molar-refractivity contribution in [2.24, 2.45) is 5.92 Å². The minimum absolute atomic E-state index is 0.00877. The Hall–Kier alpha value is -1.57. The number of esters is 1. The van der Waals surface area contributed by atoms with Crippen molar-refractivity contribution in [2.75, 3.05) is 12.4 Å². The van der Waals surface area contributed by atoms with Gasteiger partial charge in [0, 0.05) is 0 Å². The van der Waals surface area contributed by atoms with Crippen molar-refractivity contribution in [3.8, 4) is 0 Å². The van der Waals surface area contributed by atoms with Crippen LogP contribution in [0.1, 0.15) is 12.8 Å². The van der Waals surface area contributed by atoms with E-state index in [2.05, 4.69) is 10.2 Å².